The maximum atomic E-state index is 11.1. The Labute approximate surface area is 79.5 Å². The highest BCUT2D eigenvalue weighted by Gasteiger charge is 2.16. The van der Waals surface area contributed by atoms with E-state index >= 15 is 0 Å². The molecule has 1 saturated carbocycles. The van der Waals surface area contributed by atoms with Crippen LogP contribution in [0.1, 0.15) is 38.5 Å². The van der Waals surface area contributed by atoms with Crippen molar-refractivity contribution in [3.63, 3.8) is 0 Å². The summed E-state index contributed by atoms with van der Waals surface area (Å²) in [6, 6.07) is 0. The Morgan fingerprint density at radius 2 is 2.23 bits per heavy atom. The van der Waals surface area contributed by atoms with E-state index in [-0.39, 0.29) is 12.5 Å². The molecule has 0 aromatic heterocycles. The molecule has 0 aliphatic heterocycles. The van der Waals surface area contributed by atoms with Crippen LogP contribution in [-0.4, -0.2) is 24.2 Å². The van der Waals surface area contributed by atoms with E-state index in [1.807, 2.05) is 0 Å². The minimum absolute atomic E-state index is 0.0772. The zero-order chi connectivity index (χ0) is 9.52. The topological polar surface area (TPSA) is 49.3 Å². The normalized spacial score (nSPS) is 16.7. The second-order valence-corrected chi connectivity index (χ2v) is 3.76. The highest BCUT2D eigenvalue weighted by atomic mass is 16.3. The average molecular weight is 185 g/mol. The molecule has 0 radical (unpaired) electrons. The van der Waals surface area contributed by atoms with Crippen molar-refractivity contribution < 1.29 is 9.90 Å². The molecule has 1 aliphatic rings. The van der Waals surface area contributed by atoms with Gasteiger partial charge in [0, 0.05) is 19.6 Å². The van der Waals surface area contributed by atoms with Gasteiger partial charge in [-0.2, -0.15) is 0 Å². The third-order valence-corrected chi connectivity index (χ3v) is 2.66. The van der Waals surface area contributed by atoms with E-state index in [0.717, 1.165) is 18.9 Å². The minimum Gasteiger partial charge on any atom is -0.396 e. The van der Waals surface area contributed by atoms with E-state index in [4.69, 9.17) is 5.11 Å². The van der Waals surface area contributed by atoms with Gasteiger partial charge in [0.15, 0.2) is 0 Å². The van der Waals surface area contributed by atoms with E-state index in [9.17, 15) is 4.79 Å². The van der Waals surface area contributed by atoms with Crippen LogP contribution < -0.4 is 5.32 Å². The number of nitrogens with one attached hydrogen (secondary N) is 1. The van der Waals surface area contributed by atoms with Crippen molar-refractivity contribution in [1.29, 1.82) is 0 Å². The number of carbonyl (C=O) groups is 1. The first-order valence-corrected chi connectivity index (χ1v) is 5.20. The predicted octanol–water partition coefficient (Wildman–Crippen LogP) is 1.07. The van der Waals surface area contributed by atoms with Crippen molar-refractivity contribution in [1.82, 2.24) is 5.32 Å². The van der Waals surface area contributed by atoms with Gasteiger partial charge in [0.25, 0.3) is 0 Å². The Morgan fingerprint density at radius 3 is 2.77 bits per heavy atom. The summed E-state index contributed by atoms with van der Waals surface area (Å²) in [6.45, 7) is 0.922. The Hall–Kier alpha value is -0.570. The van der Waals surface area contributed by atoms with Crippen LogP contribution in [0.4, 0.5) is 0 Å². The quantitative estimate of drug-likeness (QED) is 0.650. The molecular formula is C10H19NO2. The molecule has 3 heteroatoms. The van der Waals surface area contributed by atoms with Gasteiger partial charge >= 0.3 is 0 Å². The highest BCUT2D eigenvalue weighted by molar-refractivity contribution is 5.75. The zero-order valence-electron chi connectivity index (χ0n) is 8.09. The van der Waals surface area contributed by atoms with Crippen LogP contribution in [0, 0.1) is 5.92 Å². The second-order valence-electron chi connectivity index (χ2n) is 3.76. The van der Waals surface area contributed by atoms with E-state index < -0.39 is 0 Å². The number of amides is 1. The van der Waals surface area contributed by atoms with Crippen molar-refractivity contribution in [2.45, 2.75) is 38.5 Å². The number of aliphatic hydroxyl groups excluding tert-OH is 1. The second kappa shape index (κ2) is 5.97. The van der Waals surface area contributed by atoms with Gasteiger partial charge < -0.3 is 10.4 Å². The molecular weight excluding hydrogens is 166 g/mol. The molecule has 0 atom stereocenters. The predicted molar refractivity (Wildman–Crippen MR) is 51.3 cm³/mol. The smallest absolute Gasteiger partial charge is 0.220 e. The summed E-state index contributed by atoms with van der Waals surface area (Å²) in [7, 11) is 0. The van der Waals surface area contributed by atoms with Gasteiger partial charge in [-0.05, 0) is 18.8 Å². The van der Waals surface area contributed by atoms with Gasteiger partial charge in [-0.1, -0.05) is 19.3 Å². The third-order valence-electron chi connectivity index (χ3n) is 2.66. The number of hydrogen-bond donors (Lipinski definition) is 2. The van der Waals surface area contributed by atoms with Crippen LogP contribution in [0.25, 0.3) is 0 Å². The van der Waals surface area contributed by atoms with Gasteiger partial charge in [0.2, 0.25) is 5.91 Å². The lowest BCUT2D eigenvalue weighted by atomic mass is 9.83. The molecule has 0 bridgehead atoms. The number of carbonyl (C=O) groups excluding carboxylic acids is 1. The van der Waals surface area contributed by atoms with Crippen molar-refractivity contribution in [2.24, 2.45) is 5.92 Å². The molecule has 13 heavy (non-hydrogen) atoms. The average Bonchev–Trinajstić information content (AvgIpc) is 2.06. The number of aliphatic hydroxyl groups is 1. The fourth-order valence-electron chi connectivity index (χ4n) is 1.53. The first-order chi connectivity index (χ1) is 6.33. The Balaban J connectivity index is 1.88. The Kier molecular flexibility index (Phi) is 4.83. The molecule has 0 spiro atoms. The van der Waals surface area contributed by atoms with E-state index in [1.54, 1.807) is 0 Å². The van der Waals surface area contributed by atoms with Crippen LogP contribution in [0.2, 0.25) is 0 Å². The summed E-state index contributed by atoms with van der Waals surface area (Å²) < 4.78 is 0. The molecule has 0 saturated heterocycles. The standard InChI is InChI=1S/C10H19NO2/c12-8-2-5-10(13)11-7-6-9-3-1-4-9/h9,12H,1-8H2,(H,11,13). The molecule has 1 amide bonds. The van der Waals surface area contributed by atoms with Crippen molar-refractivity contribution in [2.75, 3.05) is 13.2 Å². The van der Waals surface area contributed by atoms with Crippen LogP contribution in [0.5, 0.6) is 0 Å². The van der Waals surface area contributed by atoms with Gasteiger partial charge in [-0.15, -0.1) is 0 Å². The molecule has 0 aromatic carbocycles. The van der Waals surface area contributed by atoms with E-state index in [0.29, 0.717) is 12.8 Å². The van der Waals surface area contributed by atoms with Gasteiger partial charge in [-0.3, -0.25) is 4.79 Å². The van der Waals surface area contributed by atoms with Gasteiger partial charge in [-0.25, -0.2) is 0 Å². The van der Waals surface area contributed by atoms with E-state index in [2.05, 4.69) is 5.32 Å². The molecule has 1 aliphatic carbocycles. The van der Waals surface area contributed by atoms with Crippen molar-refractivity contribution >= 4 is 5.91 Å². The largest absolute Gasteiger partial charge is 0.396 e. The van der Waals surface area contributed by atoms with E-state index in [1.165, 1.54) is 19.3 Å². The summed E-state index contributed by atoms with van der Waals surface area (Å²) in [4.78, 5) is 11.1. The SMILES string of the molecule is O=C(CCCO)NCCC1CCC1. The molecule has 76 valence electrons. The molecule has 1 fully saturated rings. The number of rotatable bonds is 6. The molecule has 0 aromatic rings. The summed E-state index contributed by atoms with van der Waals surface area (Å²) in [6.07, 6.45) is 6.21. The summed E-state index contributed by atoms with van der Waals surface area (Å²) in [5.74, 6) is 0.937. The molecule has 0 unspecified atom stereocenters. The molecule has 0 heterocycles. The zero-order valence-corrected chi connectivity index (χ0v) is 8.09. The fourth-order valence-corrected chi connectivity index (χ4v) is 1.53. The van der Waals surface area contributed by atoms with Crippen LogP contribution >= 0.6 is 0 Å². The highest BCUT2D eigenvalue weighted by Crippen LogP contribution is 2.28. The fraction of sp³-hybridized carbons (Fsp3) is 0.900. The molecule has 2 N–H and O–H groups in total. The van der Waals surface area contributed by atoms with Crippen LogP contribution in [0.3, 0.4) is 0 Å². The summed E-state index contributed by atoms with van der Waals surface area (Å²) in [5, 5.41) is 11.4. The Morgan fingerprint density at radius 1 is 1.46 bits per heavy atom. The van der Waals surface area contributed by atoms with Gasteiger partial charge in [0.05, 0.1) is 0 Å². The van der Waals surface area contributed by atoms with Crippen molar-refractivity contribution in [3.8, 4) is 0 Å². The first-order valence-electron chi connectivity index (χ1n) is 5.20. The maximum Gasteiger partial charge on any atom is 0.220 e. The molecule has 3 nitrogen and oxygen atoms in total. The third kappa shape index (κ3) is 4.27. The van der Waals surface area contributed by atoms with Crippen LogP contribution in [-0.2, 0) is 4.79 Å². The number of hydrogen-bond acceptors (Lipinski definition) is 2. The minimum atomic E-state index is 0.0772. The summed E-state index contributed by atoms with van der Waals surface area (Å²) >= 11 is 0. The van der Waals surface area contributed by atoms with Crippen molar-refractivity contribution in [3.05, 3.63) is 0 Å². The lowest BCUT2D eigenvalue weighted by Gasteiger charge is -2.25. The first kappa shape index (κ1) is 10.5. The van der Waals surface area contributed by atoms with Gasteiger partial charge in [0.1, 0.15) is 0 Å². The lowest BCUT2D eigenvalue weighted by Crippen LogP contribution is -2.27. The Bertz CT molecular complexity index is 155. The summed E-state index contributed by atoms with van der Waals surface area (Å²) in [5.41, 5.74) is 0. The van der Waals surface area contributed by atoms with Crippen LogP contribution in [0.15, 0.2) is 0 Å². The maximum absolute atomic E-state index is 11.1. The monoisotopic (exact) mass is 185 g/mol. The lowest BCUT2D eigenvalue weighted by molar-refractivity contribution is -0.121. The molecule has 1 rings (SSSR count).